The number of fused-ring (bicyclic) bond motifs is 7. The Morgan fingerprint density at radius 3 is 2.44 bits per heavy atom. The van der Waals surface area contributed by atoms with Crippen molar-refractivity contribution in [3.05, 3.63) is 11.6 Å². The molecule has 5 aliphatic carbocycles. The first-order valence-corrected chi connectivity index (χ1v) is 12.6. The minimum atomic E-state index is 0.488. The van der Waals surface area contributed by atoms with Gasteiger partial charge in [-0.15, -0.1) is 0 Å². The molecule has 0 spiro atoms. The van der Waals surface area contributed by atoms with Crippen LogP contribution >= 0.6 is 0 Å². The van der Waals surface area contributed by atoms with Gasteiger partial charge in [-0.2, -0.15) is 0 Å². The van der Waals surface area contributed by atoms with Gasteiger partial charge in [-0.05, 0) is 104 Å². The van der Waals surface area contributed by atoms with Gasteiger partial charge in [0.05, 0.1) is 0 Å². The fourth-order valence-corrected chi connectivity index (χ4v) is 9.88. The van der Waals surface area contributed by atoms with Crippen molar-refractivity contribution in [3.8, 4) is 0 Å². The quantitative estimate of drug-likeness (QED) is 0.408. The van der Waals surface area contributed by atoms with Crippen molar-refractivity contribution in [1.29, 1.82) is 0 Å². The number of allylic oxidation sites excluding steroid dienone is 2. The fourth-order valence-electron chi connectivity index (χ4n) is 9.88. The summed E-state index contributed by atoms with van der Waals surface area (Å²) in [5.74, 6) is 2.89. The Hall–Kier alpha value is -0.260. The van der Waals surface area contributed by atoms with Crippen LogP contribution in [-0.4, -0.2) is 0 Å². The molecule has 7 atom stereocenters. The number of hydrogen-bond donors (Lipinski definition) is 0. The van der Waals surface area contributed by atoms with Crippen LogP contribution in [-0.2, 0) is 0 Å². The lowest BCUT2D eigenvalue weighted by Crippen LogP contribution is -2.61. The first-order chi connectivity index (χ1) is 12.9. The Morgan fingerprint density at radius 2 is 1.63 bits per heavy atom. The van der Waals surface area contributed by atoms with Crippen molar-refractivity contribution in [2.24, 2.45) is 39.4 Å². The molecular formula is C27H44. The minimum Gasteiger partial charge on any atom is -0.0841 e. The molecule has 4 saturated carbocycles. The van der Waals surface area contributed by atoms with Gasteiger partial charge in [0.15, 0.2) is 0 Å². The van der Waals surface area contributed by atoms with Crippen LogP contribution in [0.2, 0.25) is 0 Å². The van der Waals surface area contributed by atoms with Crippen LogP contribution in [0.5, 0.6) is 0 Å². The van der Waals surface area contributed by atoms with Gasteiger partial charge >= 0.3 is 0 Å². The van der Waals surface area contributed by atoms with Crippen LogP contribution in [0.4, 0.5) is 0 Å². The van der Waals surface area contributed by atoms with Crippen molar-refractivity contribution >= 4 is 0 Å². The average molecular weight is 369 g/mol. The highest BCUT2D eigenvalue weighted by Gasteiger charge is 2.65. The van der Waals surface area contributed by atoms with E-state index in [2.05, 4.69) is 33.8 Å². The van der Waals surface area contributed by atoms with Gasteiger partial charge < -0.3 is 0 Å². The molecule has 0 aromatic heterocycles. The van der Waals surface area contributed by atoms with Crippen LogP contribution in [0.15, 0.2) is 11.6 Å². The second-order valence-corrected chi connectivity index (χ2v) is 12.2. The van der Waals surface area contributed by atoms with E-state index in [1.165, 1.54) is 89.9 Å². The lowest BCUT2D eigenvalue weighted by molar-refractivity contribution is -0.153. The van der Waals surface area contributed by atoms with Gasteiger partial charge in [0.1, 0.15) is 0 Å². The van der Waals surface area contributed by atoms with E-state index in [9.17, 15) is 0 Å². The Morgan fingerprint density at radius 1 is 0.852 bits per heavy atom. The van der Waals surface area contributed by atoms with Crippen LogP contribution in [0.3, 0.4) is 0 Å². The van der Waals surface area contributed by atoms with E-state index in [0.717, 1.165) is 17.8 Å². The summed E-state index contributed by atoms with van der Waals surface area (Å²) in [5, 5.41) is 0. The summed E-state index contributed by atoms with van der Waals surface area (Å²) in [4.78, 5) is 0. The van der Waals surface area contributed by atoms with E-state index in [1.54, 1.807) is 0 Å². The van der Waals surface area contributed by atoms with Crippen molar-refractivity contribution in [1.82, 2.24) is 0 Å². The molecule has 5 rings (SSSR count). The topological polar surface area (TPSA) is 0 Å². The van der Waals surface area contributed by atoms with E-state index in [0.29, 0.717) is 21.7 Å². The molecule has 152 valence electrons. The lowest BCUT2D eigenvalue weighted by Gasteiger charge is -2.69. The first kappa shape index (κ1) is 18.7. The molecular weight excluding hydrogens is 324 g/mol. The summed E-state index contributed by atoms with van der Waals surface area (Å²) in [6, 6.07) is 0. The third-order valence-electron chi connectivity index (χ3n) is 11.9. The largest absolute Gasteiger partial charge is 0.0841 e. The molecule has 0 heteroatoms. The molecule has 0 amide bonds. The Balaban J connectivity index is 1.57. The molecule has 0 N–H and O–H groups in total. The maximum Gasteiger partial charge on any atom is -0.00565 e. The highest BCUT2D eigenvalue weighted by atomic mass is 14.7. The van der Waals surface area contributed by atoms with Gasteiger partial charge in [0.25, 0.3) is 0 Å². The second-order valence-electron chi connectivity index (χ2n) is 12.2. The third kappa shape index (κ3) is 2.28. The molecule has 4 unspecified atom stereocenters. The Kier molecular flexibility index (Phi) is 4.25. The van der Waals surface area contributed by atoms with Crippen molar-refractivity contribution in [3.63, 3.8) is 0 Å². The van der Waals surface area contributed by atoms with E-state index in [4.69, 9.17) is 0 Å². The summed E-state index contributed by atoms with van der Waals surface area (Å²) in [6.07, 6.45) is 23.7. The number of rotatable bonds is 1. The zero-order valence-corrected chi connectivity index (χ0v) is 18.7. The molecule has 0 aromatic carbocycles. The highest BCUT2D eigenvalue weighted by molar-refractivity contribution is 5.32. The van der Waals surface area contributed by atoms with Crippen molar-refractivity contribution in [2.75, 3.05) is 0 Å². The zero-order chi connectivity index (χ0) is 18.9. The van der Waals surface area contributed by atoms with Crippen LogP contribution < -0.4 is 0 Å². The second kappa shape index (κ2) is 6.12. The predicted octanol–water partition coefficient (Wildman–Crippen LogP) is 8.32. The summed E-state index contributed by atoms with van der Waals surface area (Å²) in [7, 11) is 0. The maximum atomic E-state index is 2.86. The first-order valence-electron chi connectivity index (χ1n) is 12.6. The van der Waals surface area contributed by atoms with Gasteiger partial charge in [0, 0.05) is 0 Å². The predicted molar refractivity (Wildman–Crippen MR) is 116 cm³/mol. The van der Waals surface area contributed by atoms with Crippen molar-refractivity contribution < 1.29 is 0 Å². The lowest BCUT2D eigenvalue weighted by atomic mass is 9.35. The SMILES string of the molecule is CCC12CCCCC1C1=CCC3[C@@]4(C)CCCCC4CC[C@@]3(C)[C@]1(C)CC2. The molecule has 0 heterocycles. The summed E-state index contributed by atoms with van der Waals surface area (Å²) >= 11 is 0. The Labute approximate surface area is 169 Å². The summed E-state index contributed by atoms with van der Waals surface area (Å²) in [6.45, 7) is 10.7. The molecule has 4 fully saturated rings. The Bertz CT molecular complexity index is 630. The molecule has 0 aliphatic heterocycles. The third-order valence-corrected chi connectivity index (χ3v) is 11.9. The standard InChI is InChI=1S/C27H44/c1-5-27-16-9-7-11-22(27)21-12-13-23-24(2)15-8-6-10-20(24)14-17-26(23,4)25(21,3)18-19-27/h12,20,22-23H,5-11,13-19H2,1-4H3/t20?,22?,23?,24-,25+,26+,27?/m0/s1. The van der Waals surface area contributed by atoms with E-state index in [-0.39, 0.29) is 0 Å². The summed E-state index contributed by atoms with van der Waals surface area (Å²) in [5.41, 5.74) is 4.30. The molecule has 0 saturated heterocycles. The van der Waals surface area contributed by atoms with Crippen LogP contribution in [0.25, 0.3) is 0 Å². The maximum absolute atomic E-state index is 2.86. The molecule has 5 aliphatic rings. The van der Waals surface area contributed by atoms with Crippen LogP contribution in [0, 0.1) is 39.4 Å². The monoisotopic (exact) mass is 368 g/mol. The minimum absolute atomic E-state index is 0.488. The van der Waals surface area contributed by atoms with Crippen molar-refractivity contribution in [2.45, 2.75) is 118 Å². The van der Waals surface area contributed by atoms with E-state index >= 15 is 0 Å². The zero-order valence-electron chi connectivity index (χ0n) is 18.7. The van der Waals surface area contributed by atoms with Gasteiger partial charge in [0.2, 0.25) is 0 Å². The molecule has 27 heavy (non-hydrogen) atoms. The average Bonchev–Trinajstić information content (AvgIpc) is 2.68. The van der Waals surface area contributed by atoms with E-state index in [1.807, 2.05) is 5.57 Å². The highest BCUT2D eigenvalue weighted by Crippen LogP contribution is 2.74. The molecule has 0 nitrogen and oxygen atoms in total. The van der Waals surface area contributed by atoms with Gasteiger partial charge in [-0.1, -0.05) is 65.0 Å². The molecule has 0 aromatic rings. The molecule has 0 radical (unpaired) electrons. The smallest absolute Gasteiger partial charge is 0.00565 e. The summed E-state index contributed by atoms with van der Waals surface area (Å²) < 4.78 is 0. The number of hydrogen-bond acceptors (Lipinski definition) is 0. The van der Waals surface area contributed by atoms with Gasteiger partial charge in [-0.25, -0.2) is 0 Å². The molecule has 0 bridgehead atoms. The fraction of sp³-hybridized carbons (Fsp3) is 0.926. The van der Waals surface area contributed by atoms with Crippen LogP contribution in [0.1, 0.15) is 118 Å². The van der Waals surface area contributed by atoms with Gasteiger partial charge in [-0.3, -0.25) is 0 Å². The normalized spacial score (nSPS) is 54.8. The van der Waals surface area contributed by atoms with E-state index < -0.39 is 0 Å².